The Bertz CT molecular complexity index is 145. The molecule has 0 aromatic rings. The minimum atomic E-state index is 1.21. The first-order valence-electron chi connectivity index (χ1n) is 4.68. The molecule has 0 saturated heterocycles. The Kier molecular flexibility index (Phi) is 8.80. The van der Waals surface area contributed by atoms with E-state index in [9.17, 15) is 0 Å². The van der Waals surface area contributed by atoms with Gasteiger partial charge < -0.3 is 0 Å². The van der Waals surface area contributed by atoms with Crippen LogP contribution in [-0.4, -0.2) is 11.5 Å². The third-order valence-corrected chi connectivity index (χ3v) is 2.73. The van der Waals surface area contributed by atoms with E-state index < -0.39 is 0 Å². The summed E-state index contributed by atoms with van der Waals surface area (Å²) in [5.41, 5.74) is 1.38. The Balaban J connectivity index is 3.33. The van der Waals surface area contributed by atoms with E-state index >= 15 is 0 Å². The molecular weight excluding hydrogens is 164 g/mol. The zero-order valence-corrected chi connectivity index (χ0v) is 9.29. The maximum atomic E-state index is 2.31. The topological polar surface area (TPSA) is 0 Å². The minimum absolute atomic E-state index is 1.21. The molecule has 0 fully saturated rings. The summed E-state index contributed by atoms with van der Waals surface area (Å²) in [5, 5.41) is 0. The molecule has 0 nitrogen and oxygen atoms in total. The number of hydrogen-bond donors (Lipinski definition) is 0. The molecule has 0 unspecified atom stereocenters. The smallest absolute Gasteiger partial charge is 0.00327 e. The first-order valence-corrected chi connectivity index (χ1v) is 5.84. The quantitative estimate of drug-likeness (QED) is 0.443. The van der Waals surface area contributed by atoms with Gasteiger partial charge in [-0.3, -0.25) is 0 Å². The average molecular weight is 184 g/mol. The van der Waals surface area contributed by atoms with E-state index in [-0.39, 0.29) is 0 Å². The highest BCUT2D eigenvalue weighted by molar-refractivity contribution is 7.99. The van der Waals surface area contributed by atoms with Crippen LogP contribution in [0.5, 0.6) is 0 Å². The highest BCUT2D eigenvalue weighted by Gasteiger charge is 1.85. The number of rotatable bonds is 6. The second-order valence-corrected chi connectivity index (χ2v) is 4.07. The van der Waals surface area contributed by atoms with Crippen LogP contribution in [0.2, 0.25) is 0 Å². The molecule has 12 heavy (non-hydrogen) atoms. The van der Waals surface area contributed by atoms with Crippen molar-refractivity contribution in [1.29, 1.82) is 0 Å². The van der Waals surface area contributed by atoms with Gasteiger partial charge in [-0.1, -0.05) is 30.7 Å². The Hall–Kier alpha value is -0.170. The van der Waals surface area contributed by atoms with Gasteiger partial charge in [0.15, 0.2) is 0 Å². The van der Waals surface area contributed by atoms with Gasteiger partial charge in [0.25, 0.3) is 0 Å². The summed E-state index contributed by atoms with van der Waals surface area (Å²) >= 11 is 2.04. The van der Waals surface area contributed by atoms with Gasteiger partial charge in [-0.15, -0.1) is 0 Å². The van der Waals surface area contributed by atoms with Gasteiger partial charge in [-0.2, -0.15) is 11.8 Å². The minimum Gasteiger partial charge on any atom is -0.162 e. The van der Waals surface area contributed by atoms with Crippen LogP contribution in [0, 0.1) is 0 Å². The van der Waals surface area contributed by atoms with Crippen LogP contribution in [0.25, 0.3) is 0 Å². The molecular formula is C11H20S. The monoisotopic (exact) mass is 184 g/mol. The number of thioether (sulfide) groups is 1. The van der Waals surface area contributed by atoms with E-state index in [1.165, 1.54) is 29.9 Å². The molecule has 0 atom stereocenters. The van der Waals surface area contributed by atoms with Crippen molar-refractivity contribution < 1.29 is 0 Å². The first-order chi connectivity index (χ1) is 5.81. The van der Waals surface area contributed by atoms with E-state index in [4.69, 9.17) is 0 Å². The Morgan fingerprint density at radius 1 is 1.33 bits per heavy atom. The summed E-state index contributed by atoms with van der Waals surface area (Å²) in [6.45, 7) is 6.45. The molecule has 0 saturated carbocycles. The van der Waals surface area contributed by atoms with E-state index in [0.717, 1.165) is 0 Å². The summed E-state index contributed by atoms with van der Waals surface area (Å²) in [4.78, 5) is 0. The third-order valence-electron chi connectivity index (χ3n) is 1.51. The van der Waals surface area contributed by atoms with Gasteiger partial charge in [0, 0.05) is 0 Å². The molecule has 0 amide bonds. The molecule has 0 aliphatic rings. The van der Waals surface area contributed by atoms with Crippen LogP contribution in [0.3, 0.4) is 0 Å². The van der Waals surface area contributed by atoms with Crippen molar-refractivity contribution in [3.8, 4) is 0 Å². The highest BCUT2D eigenvalue weighted by Crippen LogP contribution is 2.06. The lowest BCUT2D eigenvalue weighted by Crippen LogP contribution is -1.80. The van der Waals surface area contributed by atoms with Crippen molar-refractivity contribution in [3.05, 3.63) is 23.8 Å². The summed E-state index contributed by atoms with van der Waals surface area (Å²) in [7, 11) is 0. The molecule has 0 bridgehead atoms. The fraction of sp³-hybridized carbons (Fsp3) is 0.636. The molecule has 70 valence electrons. The maximum Gasteiger partial charge on any atom is -0.00327 e. The van der Waals surface area contributed by atoms with Gasteiger partial charge in [0.1, 0.15) is 0 Å². The zero-order chi connectivity index (χ0) is 9.23. The lowest BCUT2D eigenvalue weighted by molar-refractivity contribution is 1.10. The van der Waals surface area contributed by atoms with Gasteiger partial charge in [0.2, 0.25) is 0 Å². The average Bonchev–Trinajstić information content (AvgIpc) is 2.05. The Morgan fingerprint density at radius 3 is 2.67 bits per heavy atom. The van der Waals surface area contributed by atoms with E-state index in [0.29, 0.717) is 0 Å². The number of allylic oxidation sites excluding steroid dienone is 4. The van der Waals surface area contributed by atoms with Gasteiger partial charge in [-0.25, -0.2) is 0 Å². The Labute approximate surface area is 81.1 Å². The van der Waals surface area contributed by atoms with Crippen molar-refractivity contribution >= 4 is 11.8 Å². The first kappa shape index (κ1) is 11.8. The summed E-state index contributed by atoms with van der Waals surface area (Å²) < 4.78 is 0. The van der Waals surface area contributed by atoms with E-state index in [1.807, 2.05) is 11.8 Å². The molecule has 0 radical (unpaired) electrons. The molecule has 0 heterocycles. The van der Waals surface area contributed by atoms with Crippen molar-refractivity contribution in [1.82, 2.24) is 0 Å². The maximum absolute atomic E-state index is 2.31. The number of hydrogen-bond acceptors (Lipinski definition) is 1. The predicted octanol–water partition coefficient (Wildman–Crippen LogP) is 4.04. The van der Waals surface area contributed by atoms with Gasteiger partial charge >= 0.3 is 0 Å². The van der Waals surface area contributed by atoms with E-state index in [1.54, 1.807) is 0 Å². The molecule has 0 spiro atoms. The highest BCUT2D eigenvalue weighted by atomic mass is 32.2. The summed E-state index contributed by atoms with van der Waals surface area (Å²) in [6.07, 6.45) is 9.06. The largest absolute Gasteiger partial charge is 0.162 e. The zero-order valence-electron chi connectivity index (χ0n) is 8.47. The normalized spacial score (nSPS) is 12.8. The molecule has 0 aliphatic carbocycles. The van der Waals surface area contributed by atoms with Gasteiger partial charge in [-0.05, 0) is 38.2 Å². The summed E-state index contributed by atoms with van der Waals surface area (Å²) in [6, 6.07) is 0. The lowest BCUT2D eigenvalue weighted by atomic mass is 10.2. The van der Waals surface area contributed by atoms with Crippen LogP contribution in [-0.2, 0) is 0 Å². The van der Waals surface area contributed by atoms with Crippen LogP contribution in [0.1, 0.15) is 33.6 Å². The molecule has 0 aromatic heterocycles. The summed E-state index contributed by atoms with van der Waals surface area (Å²) in [5.74, 6) is 2.57. The second kappa shape index (κ2) is 8.92. The molecule has 1 heteroatoms. The molecule has 0 N–H and O–H groups in total. The third kappa shape index (κ3) is 7.93. The van der Waals surface area contributed by atoms with Crippen molar-refractivity contribution in [2.24, 2.45) is 0 Å². The van der Waals surface area contributed by atoms with Crippen LogP contribution < -0.4 is 0 Å². The molecule has 0 aromatic carbocycles. The Morgan fingerprint density at radius 2 is 2.08 bits per heavy atom. The van der Waals surface area contributed by atoms with Crippen LogP contribution >= 0.6 is 11.8 Å². The van der Waals surface area contributed by atoms with Crippen LogP contribution in [0.4, 0.5) is 0 Å². The predicted molar refractivity (Wildman–Crippen MR) is 60.8 cm³/mol. The van der Waals surface area contributed by atoms with Gasteiger partial charge in [0.05, 0.1) is 0 Å². The standard InChI is InChI=1S/C11H20S/c1-4-7-11(3)8-6-10-12-9-5-2/h4,7-8H,5-6,9-10H2,1-3H3/b7-4+,11-8-. The molecule has 0 rings (SSSR count). The fourth-order valence-corrected chi connectivity index (χ4v) is 1.72. The fourth-order valence-electron chi connectivity index (χ4n) is 0.947. The van der Waals surface area contributed by atoms with Crippen molar-refractivity contribution in [2.75, 3.05) is 11.5 Å². The van der Waals surface area contributed by atoms with Crippen molar-refractivity contribution in [3.63, 3.8) is 0 Å². The lowest BCUT2D eigenvalue weighted by Gasteiger charge is -1.95. The molecule has 0 aliphatic heterocycles. The van der Waals surface area contributed by atoms with E-state index in [2.05, 4.69) is 39.0 Å². The van der Waals surface area contributed by atoms with Crippen molar-refractivity contribution in [2.45, 2.75) is 33.6 Å². The SMILES string of the molecule is C/C=C/C(C)=C\CCSCCC. The van der Waals surface area contributed by atoms with Crippen LogP contribution in [0.15, 0.2) is 23.8 Å². The second-order valence-electron chi connectivity index (χ2n) is 2.85.